The molecule has 2 aliphatic heterocycles. The molecule has 1 N–H and O–H groups in total. The molecular formula is C12H17N3O3. The van der Waals surface area contributed by atoms with E-state index in [4.69, 9.17) is 9.26 Å². The molecule has 0 bridgehead atoms. The summed E-state index contributed by atoms with van der Waals surface area (Å²) in [7, 11) is 1.58. The molecule has 2 aliphatic rings. The van der Waals surface area contributed by atoms with Crippen molar-refractivity contribution in [3.8, 4) is 0 Å². The maximum Gasteiger partial charge on any atom is 0.276 e. The van der Waals surface area contributed by atoms with Gasteiger partial charge >= 0.3 is 0 Å². The fraction of sp³-hybridized carbons (Fsp3) is 0.667. The fourth-order valence-electron chi connectivity index (χ4n) is 2.81. The van der Waals surface area contributed by atoms with E-state index in [1.54, 1.807) is 13.2 Å². The van der Waals surface area contributed by atoms with E-state index in [-0.39, 0.29) is 5.91 Å². The monoisotopic (exact) mass is 251 g/mol. The van der Waals surface area contributed by atoms with Crippen molar-refractivity contribution < 1.29 is 14.1 Å². The minimum atomic E-state index is -0.0319. The zero-order valence-electron chi connectivity index (χ0n) is 10.4. The molecule has 2 fully saturated rings. The van der Waals surface area contributed by atoms with Crippen LogP contribution < -0.4 is 5.32 Å². The molecule has 0 unspecified atom stereocenters. The number of nitrogens with one attached hydrogen (secondary N) is 1. The van der Waals surface area contributed by atoms with Crippen LogP contribution in [0.25, 0.3) is 0 Å². The number of aromatic nitrogens is 1. The lowest BCUT2D eigenvalue weighted by molar-refractivity contribution is 0.0770. The standard InChI is InChI=1S/C12H17N3O3/c1-17-7-10-2-11(14-18-10)12(16)15-5-8-3-13-4-9(8)6-15/h2,8-9,13H,3-7H2,1H3/t8-,9+. The van der Waals surface area contributed by atoms with Gasteiger partial charge in [-0.25, -0.2) is 0 Å². The number of nitrogens with zero attached hydrogens (tertiary/aromatic N) is 2. The van der Waals surface area contributed by atoms with E-state index in [0.29, 0.717) is 29.9 Å². The number of carbonyl (C=O) groups excluding carboxylic acids is 1. The number of rotatable bonds is 3. The van der Waals surface area contributed by atoms with Crippen LogP contribution >= 0.6 is 0 Å². The van der Waals surface area contributed by atoms with Crippen LogP contribution in [0.3, 0.4) is 0 Å². The average molecular weight is 251 g/mol. The molecule has 2 saturated heterocycles. The number of fused-ring (bicyclic) bond motifs is 1. The van der Waals surface area contributed by atoms with Crippen molar-refractivity contribution >= 4 is 5.91 Å². The molecule has 2 atom stereocenters. The van der Waals surface area contributed by atoms with Crippen molar-refractivity contribution in [3.63, 3.8) is 0 Å². The number of carbonyl (C=O) groups is 1. The highest BCUT2D eigenvalue weighted by atomic mass is 16.5. The normalized spacial score (nSPS) is 26.6. The van der Waals surface area contributed by atoms with E-state index in [1.165, 1.54) is 0 Å². The molecule has 1 aromatic rings. The van der Waals surface area contributed by atoms with Crippen LogP contribution in [0.4, 0.5) is 0 Å². The predicted octanol–water partition coefficient (Wildman–Crippen LogP) is 0.112. The Kier molecular flexibility index (Phi) is 3.05. The van der Waals surface area contributed by atoms with Crippen LogP contribution in [0.1, 0.15) is 16.2 Å². The first-order valence-electron chi connectivity index (χ1n) is 6.22. The Morgan fingerprint density at radius 3 is 2.94 bits per heavy atom. The number of ether oxygens (including phenoxy) is 1. The highest BCUT2D eigenvalue weighted by Gasteiger charge is 2.38. The van der Waals surface area contributed by atoms with Crippen LogP contribution in [0.15, 0.2) is 10.6 Å². The van der Waals surface area contributed by atoms with Crippen molar-refractivity contribution in [2.45, 2.75) is 6.61 Å². The van der Waals surface area contributed by atoms with Crippen LogP contribution in [0.5, 0.6) is 0 Å². The van der Waals surface area contributed by atoms with Crippen LogP contribution in [0, 0.1) is 11.8 Å². The molecule has 18 heavy (non-hydrogen) atoms. The number of methoxy groups -OCH3 is 1. The van der Waals surface area contributed by atoms with Crippen molar-refractivity contribution in [1.29, 1.82) is 0 Å². The Hall–Kier alpha value is -1.40. The number of hydrogen-bond acceptors (Lipinski definition) is 5. The summed E-state index contributed by atoms with van der Waals surface area (Å²) in [5.74, 6) is 1.75. The van der Waals surface area contributed by atoms with E-state index in [2.05, 4.69) is 10.5 Å². The average Bonchev–Trinajstić information content (AvgIpc) is 3.02. The van der Waals surface area contributed by atoms with Gasteiger partial charge in [-0.2, -0.15) is 0 Å². The van der Waals surface area contributed by atoms with Gasteiger partial charge in [0.15, 0.2) is 11.5 Å². The summed E-state index contributed by atoms with van der Waals surface area (Å²) in [5.41, 5.74) is 0.384. The van der Waals surface area contributed by atoms with Crippen LogP contribution in [-0.4, -0.2) is 49.3 Å². The highest BCUT2D eigenvalue weighted by Crippen LogP contribution is 2.27. The minimum absolute atomic E-state index is 0.0319. The molecule has 3 heterocycles. The van der Waals surface area contributed by atoms with Gasteiger partial charge in [0.25, 0.3) is 5.91 Å². The first-order chi connectivity index (χ1) is 8.78. The molecule has 0 spiro atoms. The van der Waals surface area contributed by atoms with Crippen LogP contribution in [-0.2, 0) is 11.3 Å². The second-order valence-corrected chi connectivity index (χ2v) is 5.00. The SMILES string of the molecule is COCc1cc(C(=O)N2C[C@H]3CNC[C@H]3C2)no1. The minimum Gasteiger partial charge on any atom is -0.377 e. The third kappa shape index (κ3) is 2.02. The molecule has 0 radical (unpaired) electrons. The third-order valence-electron chi connectivity index (χ3n) is 3.74. The van der Waals surface area contributed by atoms with Gasteiger partial charge in [0, 0.05) is 39.4 Å². The van der Waals surface area contributed by atoms with Crippen molar-refractivity contribution in [1.82, 2.24) is 15.4 Å². The largest absolute Gasteiger partial charge is 0.377 e. The van der Waals surface area contributed by atoms with Gasteiger partial charge in [-0.1, -0.05) is 5.16 Å². The van der Waals surface area contributed by atoms with Crippen LogP contribution in [0.2, 0.25) is 0 Å². The molecule has 1 aromatic heterocycles. The van der Waals surface area contributed by atoms with Gasteiger partial charge in [-0.3, -0.25) is 4.79 Å². The summed E-state index contributed by atoms with van der Waals surface area (Å²) in [6.07, 6.45) is 0. The number of amides is 1. The molecule has 3 rings (SSSR count). The van der Waals surface area contributed by atoms with Crippen molar-refractivity contribution in [3.05, 3.63) is 17.5 Å². The van der Waals surface area contributed by atoms with E-state index >= 15 is 0 Å². The summed E-state index contributed by atoms with van der Waals surface area (Å²) in [4.78, 5) is 14.1. The maximum atomic E-state index is 12.2. The Balaban J connectivity index is 1.67. The zero-order chi connectivity index (χ0) is 12.5. The molecule has 0 saturated carbocycles. The maximum absolute atomic E-state index is 12.2. The van der Waals surface area contributed by atoms with Gasteiger partial charge in [0.05, 0.1) is 0 Å². The quantitative estimate of drug-likeness (QED) is 0.826. The lowest BCUT2D eigenvalue weighted by Gasteiger charge is -2.15. The van der Waals surface area contributed by atoms with E-state index < -0.39 is 0 Å². The molecule has 6 heteroatoms. The lowest BCUT2D eigenvalue weighted by atomic mass is 10.0. The van der Waals surface area contributed by atoms with Gasteiger partial charge in [-0.05, 0) is 11.8 Å². The zero-order valence-corrected chi connectivity index (χ0v) is 10.4. The summed E-state index contributed by atoms with van der Waals surface area (Å²) in [6, 6.07) is 1.66. The number of likely N-dealkylation sites (tertiary alicyclic amines) is 1. The molecule has 0 aromatic carbocycles. The summed E-state index contributed by atoms with van der Waals surface area (Å²) < 4.78 is 9.99. The second-order valence-electron chi connectivity index (χ2n) is 5.00. The number of hydrogen-bond donors (Lipinski definition) is 1. The highest BCUT2D eigenvalue weighted by molar-refractivity contribution is 5.92. The Labute approximate surface area is 105 Å². The first-order valence-corrected chi connectivity index (χ1v) is 6.22. The topological polar surface area (TPSA) is 67.6 Å². The van der Waals surface area contributed by atoms with E-state index in [1.807, 2.05) is 4.90 Å². The molecule has 98 valence electrons. The summed E-state index contributed by atoms with van der Waals surface area (Å²) in [5, 5.41) is 7.17. The fourth-order valence-corrected chi connectivity index (χ4v) is 2.81. The summed E-state index contributed by atoms with van der Waals surface area (Å²) in [6.45, 7) is 4.02. The lowest BCUT2D eigenvalue weighted by Crippen LogP contribution is -2.32. The predicted molar refractivity (Wildman–Crippen MR) is 63.0 cm³/mol. The third-order valence-corrected chi connectivity index (χ3v) is 3.74. The smallest absolute Gasteiger partial charge is 0.276 e. The molecule has 1 amide bonds. The Morgan fingerprint density at radius 2 is 2.28 bits per heavy atom. The van der Waals surface area contributed by atoms with Crippen molar-refractivity contribution in [2.24, 2.45) is 11.8 Å². The molecule has 6 nitrogen and oxygen atoms in total. The second kappa shape index (κ2) is 4.70. The van der Waals surface area contributed by atoms with E-state index in [0.717, 1.165) is 26.2 Å². The molecular weight excluding hydrogens is 234 g/mol. The first kappa shape index (κ1) is 11.7. The van der Waals surface area contributed by atoms with Gasteiger partial charge < -0.3 is 19.5 Å². The van der Waals surface area contributed by atoms with Gasteiger partial charge in [0.1, 0.15) is 6.61 Å². The summed E-state index contributed by atoms with van der Waals surface area (Å²) >= 11 is 0. The van der Waals surface area contributed by atoms with Gasteiger partial charge in [-0.15, -0.1) is 0 Å². The Bertz CT molecular complexity index is 434. The Morgan fingerprint density at radius 1 is 1.56 bits per heavy atom. The van der Waals surface area contributed by atoms with Crippen molar-refractivity contribution in [2.75, 3.05) is 33.3 Å². The molecule has 0 aliphatic carbocycles. The van der Waals surface area contributed by atoms with Gasteiger partial charge in [0.2, 0.25) is 0 Å². The van der Waals surface area contributed by atoms with E-state index in [9.17, 15) is 4.79 Å².